The zero-order valence-electron chi connectivity index (χ0n) is 9.58. The summed E-state index contributed by atoms with van der Waals surface area (Å²) in [6.45, 7) is 7.16. The SMILES string of the molecule is CC1(C)CCCN1C(=O)COC1CNC1. The molecule has 1 N–H and O–H groups in total. The van der Waals surface area contributed by atoms with E-state index in [0.717, 1.165) is 32.5 Å². The third kappa shape index (κ3) is 2.32. The number of ether oxygens (including phenoxy) is 1. The molecular formula is C11H20N2O2. The summed E-state index contributed by atoms with van der Waals surface area (Å²) in [4.78, 5) is 13.8. The highest BCUT2D eigenvalue weighted by Gasteiger charge is 2.35. The van der Waals surface area contributed by atoms with Gasteiger partial charge in [-0.25, -0.2) is 0 Å². The first-order valence-corrected chi connectivity index (χ1v) is 5.72. The largest absolute Gasteiger partial charge is 0.366 e. The van der Waals surface area contributed by atoms with Gasteiger partial charge in [0.15, 0.2) is 0 Å². The Morgan fingerprint density at radius 3 is 2.73 bits per heavy atom. The quantitative estimate of drug-likeness (QED) is 0.735. The maximum Gasteiger partial charge on any atom is 0.249 e. The molecule has 0 spiro atoms. The average molecular weight is 212 g/mol. The van der Waals surface area contributed by atoms with Crippen LogP contribution >= 0.6 is 0 Å². The van der Waals surface area contributed by atoms with E-state index in [1.54, 1.807) is 0 Å². The summed E-state index contributed by atoms with van der Waals surface area (Å²) in [5, 5.41) is 3.12. The van der Waals surface area contributed by atoms with Crippen LogP contribution in [0, 0.1) is 0 Å². The lowest BCUT2D eigenvalue weighted by Crippen LogP contribution is -2.51. The molecule has 2 rings (SSSR count). The number of rotatable bonds is 3. The molecule has 0 bridgehead atoms. The summed E-state index contributed by atoms with van der Waals surface area (Å²) >= 11 is 0. The van der Waals surface area contributed by atoms with Crippen LogP contribution in [0.15, 0.2) is 0 Å². The Hall–Kier alpha value is -0.610. The van der Waals surface area contributed by atoms with Gasteiger partial charge in [-0.05, 0) is 26.7 Å². The second-order valence-corrected chi connectivity index (χ2v) is 5.05. The third-order valence-corrected chi connectivity index (χ3v) is 3.39. The number of carbonyl (C=O) groups excluding carboxylic acids is 1. The smallest absolute Gasteiger partial charge is 0.249 e. The molecule has 2 saturated heterocycles. The van der Waals surface area contributed by atoms with Gasteiger partial charge < -0.3 is 15.0 Å². The Bertz CT molecular complexity index is 249. The van der Waals surface area contributed by atoms with Crippen LogP contribution in [0.1, 0.15) is 26.7 Å². The molecule has 4 heteroatoms. The molecule has 0 aromatic rings. The van der Waals surface area contributed by atoms with Crippen LogP contribution < -0.4 is 5.32 Å². The van der Waals surface area contributed by atoms with Crippen molar-refractivity contribution < 1.29 is 9.53 Å². The van der Waals surface area contributed by atoms with Crippen molar-refractivity contribution in [2.75, 3.05) is 26.2 Å². The second-order valence-electron chi connectivity index (χ2n) is 5.05. The molecule has 2 fully saturated rings. The van der Waals surface area contributed by atoms with Crippen LogP contribution in [-0.4, -0.2) is 48.7 Å². The molecule has 0 aromatic carbocycles. The summed E-state index contributed by atoms with van der Waals surface area (Å²) in [6.07, 6.45) is 2.47. The van der Waals surface area contributed by atoms with Gasteiger partial charge in [-0.3, -0.25) is 4.79 Å². The molecule has 86 valence electrons. The average Bonchev–Trinajstić information content (AvgIpc) is 2.42. The van der Waals surface area contributed by atoms with Gasteiger partial charge in [0.05, 0.1) is 6.10 Å². The summed E-state index contributed by atoms with van der Waals surface area (Å²) in [5.41, 5.74) is 0.0261. The van der Waals surface area contributed by atoms with E-state index in [-0.39, 0.29) is 24.2 Å². The predicted molar refractivity (Wildman–Crippen MR) is 57.6 cm³/mol. The van der Waals surface area contributed by atoms with Gasteiger partial charge in [0, 0.05) is 25.2 Å². The van der Waals surface area contributed by atoms with Crippen molar-refractivity contribution in [2.45, 2.75) is 38.3 Å². The van der Waals surface area contributed by atoms with Crippen LogP contribution in [0.4, 0.5) is 0 Å². The number of likely N-dealkylation sites (tertiary alicyclic amines) is 1. The van der Waals surface area contributed by atoms with E-state index in [1.807, 2.05) is 4.90 Å². The zero-order chi connectivity index (χ0) is 10.9. The van der Waals surface area contributed by atoms with E-state index in [0.29, 0.717) is 0 Å². The number of hydrogen-bond acceptors (Lipinski definition) is 3. The Morgan fingerprint density at radius 2 is 2.27 bits per heavy atom. The first kappa shape index (κ1) is 10.9. The maximum absolute atomic E-state index is 11.9. The minimum atomic E-state index is 0.0261. The lowest BCUT2D eigenvalue weighted by atomic mass is 10.0. The fourth-order valence-corrected chi connectivity index (χ4v) is 2.22. The van der Waals surface area contributed by atoms with E-state index in [9.17, 15) is 4.79 Å². The molecule has 2 aliphatic rings. The van der Waals surface area contributed by atoms with E-state index >= 15 is 0 Å². The number of hydrogen-bond donors (Lipinski definition) is 1. The lowest BCUT2D eigenvalue weighted by Gasteiger charge is -2.33. The van der Waals surface area contributed by atoms with Crippen molar-refractivity contribution in [1.29, 1.82) is 0 Å². The Morgan fingerprint density at radius 1 is 1.53 bits per heavy atom. The molecule has 4 nitrogen and oxygen atoms in total. The summed E-state index contributed by atoms with van der Waals surface area (Å²) < 4.78 is 5.49. The summed E-state index contributed by atoms with van der Waals surface area (Å²) in [6, 6.07) is 0. The van der Waals surface area contributed by atoms with Crippen molar-refractivity contribution >= 4 is 5.91 Å². The predicted octanol–water partition coefficient (Wildman–Crippen LogP) is 0.376. The molecule has 1 amide bonds. The minimum Gasteiger partial charge on any atom is -0.366 e. The first-order chi connectivity index (χ1) is 7.09. The van der Waals surface area contributed by atoms with Gasteiger partial charge in [0.1, 0.15) is 6.61 Å². The molecule has 0 aromatic heterocycles. The number of amides is 1. The molecule has 0 radical (unpaired) electrons. The second kappa shape index (κ2) is 4.10. The Labute approximate surface area is 91.0 Å². The zero-order valence-corrected chi connectivity index (χ0v) is 9.58. The number of nitrogens with zero attached hydrogens (tertiary/aromatic N) is 1. The highest BCUT2D eigenvalue weighted by molar-refractivity contribution is 5.78. The highest BCUT2D eigenvalue weighted by Crippen LogP contribution is 2.28. The van der Waals surface area contributed by atoms with Crippen LogP contribution in [0.3, 0.4) is 0 Å². The van der Waals surface area contributed by atoms with Crippen molar-refractivity contribution in [3.8, 4) is 0 Å². The monoisotopic (exact) mass is 212 g/mol. The normalized spacial score (nSPS) is 25.3. The molecule has 0 saturated carbocycles. The maximum atomic E-state index is 11.9. The topological polar surface area (TPSA) is 41.6 Å². The van der Waals surface area contributed by atoms with Crippen molar-refractivity contribution in [2.24, 2.45) is 0 Å². The number of carbonyl (C=O) groups is 1. The van der Waals surface area contributed by atoms with Gasteiger partial charge in [-0.2, -0.15) is 0 Å². The van der Waals surface area contributed by atoms with E-state index in [2.05, 4.69) is 19.2 Å². The van der Waals surface area contributed by atoms with E-state index in [4.69, 9.17) is 4.74 Å². The van der Waals surface area contributed by atoms with Crippen LogP contribution in [-0.2, 0) is 9.53 Å². The van der Waals surface area contributed by atoms with Crippen molar-refractivity contribution in [3.63, 3.8) is 0 Å². The molecule has 2 heterocycles. The van der Waals surface area contributed by atoms with Gasteiger partial charge >= 0.3 is 0 Å². The van der Waals surface area contributed by atoms with Gasteiger partial charge in [0.2, 0.25) is 5.91 Å². The first-order valence-electron chi connectivity index (χ1n) is 5.72. The third-order valence-electron chi connectivity index (χ3n) is 3.39. The minimum absolute atomic E-state index is 0.0261. The van der Waals surface area contributed by atoms with E-state index < -0.39 is 0 Å². The molecule has 2 aliphatic heterocycles. The fourth-order valence-electron chi connectivity index (χ4n) is 2.22. The highest BCUT2D eigenvalue weighted by atomic mass is 16.5. The summed E-state index contributed by atoms with van der Waals surface area (Å²) in [5.74, 6) is 0.143. The van der Waals surface area contributed by atoms with Crippen LogP contribution in [0.25, 0.3) is 0 Å². The fraction of sp³-hybridized carbons (Fsp3) is 0.909. The van der Waals surface area contributed by atoms with Crippen LogP contribution in [0.2, 0.25) is 0 Å². The Balaban J connectivity index is 1.79. The molecular weight excluding hydrogens is 192 g/mol. The number of nitrogens with one attached hydrogen (secondary N) is 1. The van der Waals surface area contributed by atoms with Crippen molar-refractivity contribution in [3.05, 3.63) is 0 Å². The van der Waals surface area contributed by atoms with Gasteiger partial charge in [-0.15, -0.1) is 0 Å². The van der Waals surface area contributed by atoms with Gasteiger partial charge in [-0.1, -0.05) is 0 Å². The van der Waals surface area contributed by atoms with E-state index in [1.165, 1.54) is 0 Å². The molecule has 0 unspecified atom stereocenters. The lowest BCUT2D eigenvalue weighted by molar-refractivity contribution is -0.142. The van der Waals surface area contributed by atoms with Crippen molar-refractivity contribution in [1.82, 2.24) is 10.2 Å². The van der Waals surface area contributed by atoms with Gasteiger partial charge in [0.25, 0.3) is 0 Å². The van der Waals surface area contributed by atoms with Crippen LogP contribution in [0.5, 0.6) is 0 Å². The summed E-state index contributed by atoms with van der Waals surface area (Å²) in [7, 11) is 0. The standard InChI is InChI=1S/C11H20N2O2/c1-11(2)4-3-5-13(11)10(14)8-15-9-6-12-7-9/h9,12H,3-8H2,1-2H3. The molecule has 0 aliphatic carbocycles. The Kier molecular flexibility index (Phi) is 2.98. The molecule has 15 heavy (non-hydrogen) atoms. The molecule has 0 atom stereocenters.